The Morgan fingerprint density at radius 3 is 2.44 bits per heavy atom. The number of fused-ring (bicyclic) bond motifs is 4. The van der Waals surface area contributed by atoms with E-state index in [1.807, 2.05) is 42.6 Å². The van der Waals surface area contributed by atoms with Crippen LogP contribution in [0.15, 0.2) is 107 Å². The molecule has 4 nitrogen and oxygen atoms in total. The maximum absolute atomic E-state index is 7.98. The van der Waals surface area contributed by atoms with Gasteiger partial charge in [-0.1, -0.05) is 74.4 Å². The molecular formula is C35H28N4PtS-2. The second-order valence-electron chi connectivity index (χ2n) is 10.9. The fraction of sp³-hybridized carbons (Fsp3) is 0.143. The fourth-order valence-electron chi connectivity index (χ4n) is 5.16. The van der Waals surface area contributed by atoms with Crippen molar-refractivity contribution in [2.24, 2.45) is 6.98 Å². The largest absolute Gasteiger partial charge is 0.342 e. The molecule has 0 aliphatic heterocycles. The molecule has 206 valence electrons. The summed E-state index contributed by atoms with van der Waals surface area (Å²) in [5.41, 5.74) is 5.30. The van der Waals surface area contributed by atoms with Crippen LogP contribution < -0.4 is 4.57 Å². The molecule has 0 saturated heterocycles. The minimum atomic E-state index is -2.35. The van der Waals surface area contributed by atoms with Crippen LogP contribution in [-0.2, 0) is 33.5 Å². The molecule has 0 amide bonds. The van der Waals surface area contributed by atoms with Gasteiger partial charge < -0.3 is 13.7 Å². The third-order valence-corrected chi connectivity index (χ3v) is 8.09. The predicted octanol–water partition coefficient (Wildman–Crippen LogP) is 7.79. The summed E-state index contributed by atoms with van der Waals surface area (Å²) in [7, 11) is 0. The average molecular weight is 735 g/mol. The quantitative estimate of drug-likeness (QED) is 0.136. The minimum Gasteiger partial charge on any atom is -0.342 e. The van der Waals surface area contributed by atoms with Gasteiger partial charge in [0.1, 0.15) is 5.82 Å². The standard InChI is InChI=1S/C35H28N4S.Pt/c1-35(2,3)24-18-19-36-34(20-24)39-30-13-6-5-12-28(30)29-17-16-27(22-33(29)39)40-26-11-9-10-25(21-26)38-23-37(4)31-14-7-8-15-32(31)38;/h5-20H,1-4H3;/q-2;/i4D3;. The number of imidazole rings is 1. The molecule has 0 atom stereocenters. The van der Waals surface area contributed by atoms with E-state index in [9.17, 15) is 0 Å². The average Bonchev–Trinajstić information content (AvgIpc) is 3.53. The molecule has 0 spiro atoms. The van der Waals surface area contributed by atoms with E-state index in [1.54, 1.807) is 22.4 Å². The summed E-state index contributed by atoms with van der Waals surface area (Å²) >= 11 is 1.56. The third-order valence-electron chi connectivity index (χ3n) is 7.17. The zero-order valence-electron chi connectivity index (χ0n) is 25.8. The first-order valence-electron chi connectivity index (χ1n) is 14.7. The summed E-state index contributed by atoms with van der Waals surface area (Å²) in [6.45, 7) is 4.28. The molecule has 6 heteroatoms. The smallest absolute Gasteiger partial charge is 0.242 e. The first kappa shape index (κ1) is 24.0. The molecular weight excluding hydrogens is 704 g/mol. The number of para-hydroxylation sites is 3. The number of benzene rings is 4. The number of aromatic nitrogens is 4. The van der Waals surface area contributed by atoms with Crippen LogP contribution in [0, 0.1) is 18.5 Å². The minimum absolute atomic E-state index is 0. The van der Waals surface area contributed by atoms with Gasteiger partial charge in [-0.15, -0.1) is 33.0 Å². The van der Waals surface area contributed by atoms with Crippen LogP contribution in [0.25, 0.3) is 44.3 Å². The summed E-state index contributed by atoms with van der Waals surface area (Å²) in [6.07, 6.45) is 4.91. The summed E-state index contributed by atoms with van der Waals surface area (Å²) in [6, 6.07) is 37.3. The maximum Gasteiger partial charge on any atom is 0.242 e. The second-order valence-corrected chi connectivity index (χ2v) is 11.9. The van der Waals surface area contributed by atoms with Gasteiger partial charge in [0.15, 0.2) is 0 Å². The van der Waals surface area contributed by atoms with Gasteiger partial charge in [-0.05, 0) is 34.6 Å². The first-order chi connectivity index (χ1) is 20.6. The SMILES string of the molecule is [2H]C([2H])([2H])n1[c-][n+](-c2[c-]c(Sc3[c-]c4c(cc3)c3ccccc3n4-c3cc(C(C)(C)C)ccn3)ccc2)c2ccccc21.[Pt]. The van der Waals surface area contributed by atoms with E-state index >= 15 is 0 Å². The van der Waals surface area contributed by atoms with Crippen molar-refractivity contribution in [2.45, 2.75) is 36.0 Å². The number of rotatable bonds is 4. The monoisotopic (exact) mass is 734 g/mol. The van der Waals surface area contributed by atoms with Crippen LogP contribution >= 0.6 is 11.8 Å². The number of nitrogens with zero attached hydrogens (tertiary/aromatic N) is 4. The van der Waals surface area contributed by atoms with Crippen molar-refractivity contribution >= 4 is 44.6 Å². The maximum atomic E-state index is 7.98. The Morgan fingerprint density at radius 1 is 0.829 bits per heavy atom. The van der Waals surface area contributed by atoms with Crippen LogP contribution in [0.1, 0.15) is 30.4 Å². The normalized spacial score (nSPS) is 13.2. The van der Waals surface area contributed by atoms with E-state index < -0.39 is 6.98 Å². The first-order valence-corrected chi connectivity index (χ1v) is 14.0. The Morgan fingerprint density at radius 2 is 1.61 bits per heavy atom. The Kier molecular flexibility index (Phi) is 6.22. The van der Waals surface area contributed by atoms with Crippen LogP contribution in [0.5, 0.6) is 0 Å². The number of aryl methyl sites for hydroxylation is 1. The second kappa shape index (κ2) is 10.6. The van der Waals surface area contributed by atoms with Crippen molar-refractivity contribution in [3.8, 4) is 11.5 Å². The predicted molar refractivity (Wildman–Crippen MR) is 162 cm³/mol. The Labute approximate surface area is 263 Å². The van der Waals surface area contributed by atoms with Gasteiger partial charge in [0.25, 0.3) is 0 Å². The van der Waals surface area contributed by atoms with E-state index in [0.717, 1.165) is 42.9 Å². The topological polar surface area (TPSA) is 26.6 Å². The molecule has 0 bridgehead atoms. The molecule has 0 N–H and O–H groups in total. The van der Waals surface area contributed by atoms with Gasteiger partial charge in [-0.3, -0.25) is 0 Å². The third kappa shape index (κ3) is 4.92. The van der Waals surface area contributed by atoms with Crippen molar-refractivity contribution in [3.05, 3.63) is 121 Å². The molecule has 3 aromatic heterocycles. The van der Waals surface area contributed by atoms with E-state index in [0.29, 0.717) is 11.2 Å². The molecule has 7 aromatic rings. The van der Waals surface area contributed by atoms with Crippen molar-refractivity contribution in [1.82, 2.24) is 14.1 Å². The number of pyridine rings is 1. The summed E-state index contributed by atoms with van der Waals surface area (Å²) in [4.78, 5) is 6.61. The van der Waals surface area contributed by atoms with Gasteiger partial charge >= 0.3 is 0 Å². The molecule has 7 rings (SSSR count). The summed E-state index contributed by atoms with van der Waals surface area (Å²) in [5.74, 6) is 0.864. The number of hydrogen-bond donors (Lipinski definition) is 0. The molecule has 3 heterocycles. The van der Waals surface area contributed by atoms with E-state index in [1.165, 1.54) is 10.1 Å². The molecule has 4 aromatic carbocycles. The van der Waals surface area contributed by atoms with E-state index in [4.69, 9.17) is 9.10 Å². The van der Waals surface area contributed by atoms with Gasteiger partial charge in [-0.2, -0.15) is 36.4 Å². The van der Waals surface area contributed by atoms with Crippen molar-refractivity contribution in [3.63, 3.8) is 0 Å². The molecule has 0 aliphatic rings. The summed E-state index contributed by atoms with van der Waals surface area (Å²) in [5, 5.41) is 2.27. The van der Waals surface area contributed by atoms with Crippen LogP contribution in [-0.4, -0.2) is 14.1 Å². The zero-order chi connectivity index (χ0) is 29.9. The number of hydrogen-bond acceptors (Lipinski definition) is 2. The van der Waals surface area contributed by atoms with Gasteiger partial charge in [0.05, 0.1) is 22.1 Å². The van der Waals surface area contributed by atoms with Gasteiger partial charge in [-0.25, -0.2) is 4.98 Å². The Hall–Kier alpha value is -3.66. The van der Waals surface area contributed by atoms with E-state index in [-0.39, 0.29) is 26.5 Å². The van der Waals surface area contributed by atoms with Crippen molar-refractivity contribution in [1.29, 1.82) is 0 Å². The van der Waals surface area contributed by atoms with Crippen LogP contribution in [0.4, 0.5) is 0 Å². The molecule has 0 unspecified atom stereocenters. The zero-order valence-corrected chi connectivity index (χ0v) is 25.8. The fourth-order valence-corrected chi connectivity index (χ4v) is 5.98. The molecule has 0 aliphatic carbocycles. The van der Waals surface area contributed by atoms with Crippen molar-refractivity contribution in [2.75, 3.05) is 0 Å². The summed E-state index contributed by atoms with van der Waals surface area (Å²) < 4.78 is 29.1. The Balaban J connectivity index is 0.00000343. The Bertz CT molecular complexity index is 2160. The van der Waals surface area contributed by atoms with Crippen LogP contribution in [0.3, 0.4) is 0 Å². The van der Waals surface area contributed by atoms with E-state index in [2.05, 4.69) is 92.3 Å². The van der Waals surface area contributed by atoms with Crippen LogP contribution in [0.2, 0.25) is 0 Å². The van der Waals surface area contributed by atoms with Gasteiger partial charge in [0, 0.05) is 32.8 Å². The van der Waals surface area contributed by atoms with Gasteiger partial charge in [0.2, 0.25) is 6.33 Å². The molecule has 0 radical (unpaired) electrons. The molecule has 0 fully saturated rings. The molecule has 41 heavy (non-hydrogen) atoms. The van der Waals surface area contributed by atoms with Crippen molar-refractivity contribution < 1.29 is 29.7 Å². The molecule has 0 saturated carbocycles.